The summed E-state index contributed by atoms with van der Waals surface area (Å²) in [6.07, 6.45) is 1.64. The lowest BCUT2D eigenvalue weighted by atomic mass is 10.3. The summed E-state index contributed by atoms with van der Waals surface area (Å²) in [5, 5.41) is 3.02. The Kier molecular flexibility index (Phi) is 5.98. The molecule has 1 aromatic rings. The van der Waals surface area contributed by atoms with E-state index in [4.69, 9.17) is 16.2 Å². The molecule has 0 aliphatic rings. The molecule has 88 valence electrons. The summed E-state index contributed by atoms with van der Waals surface area (Å²) in [7, 11) is 0. The second-order valence-corrected chi connectivity index (χ2v) is 3.21. The van der Waals surface area contributed by atoms with Gasteiger partial charge in [-0.25, -0.2) is 0 Å². The summed E-state index contributed by atoms with van der Waals surface area (Å²) in [5.41, 5.74) is 12.5. The number of nitrogens with zero attached hydrogens (tertiary/aromatic N) is 1. The average molecular weight is 222 g/mol. The average Bonchev–Trinajstić information content (AvgIpc) is 2.28. The number of ether oxygens (including phenoxy) is 1. The standard InChI is InChI=1S/C11H18N4O/c12-4-6-16-7-5-14-9-15-11-3-1-2-10(13)8-11/h1-3,8-9H,4-7,12-13H2,(H,14,15). The molecule has 5 nitrogen and oxygen atoms in total. The zero-order valence-electron chi connectivity index (χ0n) is 9.23. The molecular weight excluding hydrogens is 204 g/mol. The van der Waals surface area contributed by atoms with E-state index >= 15 is 0 Å². The lowest BCUT2D eigenvalue weighted by Crippen LogP contribution is -2.10. The van der Waals surface area contributed by atoms with Gasteiger partial charge in [0, 0.05) is 17.9 Å². The summed E-state index contributed by atoms with van der Waals surface area (Å²) in [4.78, 5) is 4.13. The van der Waals surface area contributed by atoms with E-state index in [2.05, 4.69) is 10.3 Å². The molecule has 5 heteroatoms. The topological polar surface area (TPSA) is 85.7 Å². The van der Waals surface area contributed by atoms with E-state index in [1.807, 2.05) is 24.3 Å². The van der Waals surface area contributed by atoms with Gasteiger partial charge in [-0.1, -0.05) is 6.07 Å². The number of rotatable bonds is 7. The van der Waals surface area contributed by atoms with Gasteiger partial charge in [0.15, 0.2) is 0 Å². The first-order valence-corrected chi connectivity index (χ1v) is 5.21. The molecule has 0 fully saturated rings. The molecule has 0 saturated heterocycles. The fourth-order valence-electron chi connectivity index (χ4n) is 1.12. The largest absolute Gasteiger partial charge is 0.399 e. The van der Waals surface area contributed by atoms with Crippen LogP contribution in [0.25, 0.3) is 0 Å². The third-order valence-electron chi connectivity index (χ3n) is 1.84. The molecule has 1 rings (SSSR count). The van der Waals surface area contributed by atoms with Crippen LogP contribution in [-0.4, -0.2) is 32.6 Å². The molecule has 0 atom stereocenters. The molecule has 0 radical (unpaired) electrons. The molecule has 0 heterocycles. The lowest BCUT2D eigenvalue weighted by molar-refractivity contribution is 0.149. The molecule has 0 aliphatic heterocycles. The molecule has 0 aromatic heterocycles. The van der Waals surface area contributed by atoms with E-state index in [0.717, 1.165) is 11.4 Å². The molecule has 0 aliphatic carbocycles. The first-order valence-electron chi connectivity index (χ1n) is 5.21. The SMILES string of the molecule is NCCOCCN=CNc1cccc(N)c1. The summed E-state index contributed by atoms with van der Waals surface area (Å²) in [6.45, 7) is 2.34. The molecule has 0 spiro atoms. The van der Waals surface area contributed by atoms with Crippen LogP contribution in [0.2, 0.25) is 0 Å². The van der Waals surface area contributed by atoms with E-state index in [0.29, 0.717) is 26.3 Å². The normalized spacial score (nSPS) is 10.8. The number of hydrogen-bond donors (Lipinski definition) is 3. The zero-order chi connectivity index (χ0) is 11.6. The number of nitrogen functional groups attached to an aromatic ring is 1. The monoisotopic (exact) mass is 222 g/mol. The van der Waals surface area contributed by atoms with Crippen LogP contribution in [0, 0.1) is 0 Å². The second-order valence-electron chi connectivity index (χ2n) is 3.21. The molecular formula is C11H18N4O. The third kappa shape index (κ3) is 5.33. The molecule has 16 heavy (non-hydrogen) atoms. The summed E-state index contributed by atoms with van der Waals surface area (Å²) in [5.74, 6) is 0. The van der Waals surface area contributed by atoms with E-state index in [1.54, 1.807) is 6.34 Å². The Morgan fingerprint density at radius 1 is 1.38 bits per heavy atom. The van der Waals surface area contributed by atoms with Crippen LogP contribution in [0.15, 0.2) is 29.3 Å². The highest BCUT2D eigenvalue weighted by Crippen LogP contribution is 2.10. The molecule has 0 bridgehead atoms. The Hall–Kier alpha value is -1.59. The van der Waals surface area contributed by atoms with Gasteiger partial charge in [0.2, 0.25) is 0 Å². The Morgan fingerprint density at radius 2 is 2.25 bits per heavy atom. The van der Waals surface area contributed by atoms with Crippen molar-refractivity contribution in [1.29, 1.82) is 0 Å². The van der Waals surface area contributed by atoms with Crippen LogP contribution < -0.4 is 16.8 Å². The van der Waals surface area contributed by atoms with Gasteiger partial charge >= 0.3 is 0 Å². The fourth-order valence-corrected chi connectivity index (χ4v) is 1.12. The molecule has 1 aromatic carbocycles. The van der Waals surface area contributed by atoms with Gasteiger partial charge in [-0.05, 0) is 18.2 Å². The Labute approximate surface area is 95.5 Å². The molecule has 0 amide bonds. The van der Waals surface area contributed by atoms with E-state index in [-0.39, 0.29) is 0 Å². The van der Waals surface area contributed by atoms with Gasteiger partial charge in [0.1, 0.15) is 0 Å². The van der Waals surface area contributed by atoms with Crippen molar-refractivity contribution >= 4 is 17.7 Å². The molecule has 0 saturated carbocycles. The minimum absolute atomic E-state index is 0.547. The van der Waals surface area contributed by atoms with Crippen molar-refractivity contribution in [2.75, 3.05) is 37.4 Å². The summed E-state index contributed by atoms with van der Waals surface area (Å²) < 4.78 is 5.17. The fraction of sp³-hybridized carbons (Fsp3) is 0.364. The van der Waals surface area contributed by atoms with Crippen molar-refractivity contribution in [3.05, 3.63) is 24.3 Å². The number of anilines is 2. The minimum Gasteiger partial charge on any atom is -0.399 e. The number of benzene rings is 1. The maximum Gasteiger partial charge on any atom is 0.0868 e. The van der Waals surface area contributed by atoms with Gasteiger partial charge in [-0.15, -0.1) is 0 Å². The minimum atomic E-state index is 0.547. The predicted molar refractivity (Wildman–Crippen MR) is 67.7 cm³/mol. The van der Waals surface area contributed by atoms with Gasteiger partial charge in [0.25, 0.3) is 0 Å². The highest BCUT2D eigenvalue weighted by molar-refractivity contribution is 5.76. The quantitative estimate of drug-likeness (QED) is 0.274. The number of aliphatic imine (C=N–C) groups is 1. The highest BCUT2D eigenvalue weighted by atomic mass is 16.5. The Morgan fingerprint density at radius 3 is 3.00 bits per heavy atom. The van der Waals surface area contributed by atoms with Crippen molar-refractivity contribution in [3.63, 3.8) is 0 Å². The van der Waals surface area contributed by atoms with Gasteiger partial charge in [0.05, 0.1) is 26.1 Å². The predicted octanol–water partition coefficient (Wildman–Crippen LogP) is 0.684. The smallest absolute Gasteiger partial charge is 0.0868 e. The van der Waals surface area contributed by atoms with Crippen LogP contribution >= 0.6 is 0 Å². The van der Waals surface area contributed by atoms with E-state index in [9.17, 15) is 0 Å². The van der Waals surface area contributed by atoms with Crippen molar-refractivity contribution in [2.24, 2.45) is 10.7 Å². The van der Waals surface area contributed by atoms with E-state index < -0.39 is 0 Å². The zero-order valence-corrected chi connectivity index (χ0v) is 9.23. The van der Waals surface area contributed by atoms with Crippen LogP contribution in [0.1, 0.15) is 0 Å². The van der Waals surface area contributed by atoms with Crippen LogP contribution in [-0.2, 0) is 4.74 Å². The maximum absolute atomic E-state index is 5.63. The Bertz CT molecular complexity index is 328. The summed E-state index contributed by atoms with van der Waals surface area (Å²) in [6, 6.07) is 7.49. The van der Waals surface area contributed by atoms with Crippen molar-refractivity contribution < 1.29 is 4.74 Å². The van der Waals surface area contributed by atoms with Crippen LogP contribution in [0.5, 0.6) is 0 Å². The van der Waals surface area contributed by atoms with Crippen molar-refractivity contribution in [3.8, 4) is 0 Å². The molecule has 0 unspecified atom stereocenters. The molecule has 5 N–H and O–H groups in total. The third-order valence-corrected chi connectivity index (χ3v) is 1.84. The number of hydrogen-bond acceptors (Lipinski definition) is 4. The lowest BCUT2D eigenvalue weighted by Gasteiger charge is -2.01. The first kappa shape index (κ1) is 12.5. The van der Waals surface area contributed by atoms with Crippen molar-refractivity contribution in [1.82, 2.24) is 0 Å². The van der Waals surface area contributed by atoms with E-state index in [1.165, 1.54) is 0 Å². The second kappa shape index (κ2) is 7.67. The van der Waals surface area contributed by atoms with Gasteiger partial charge < -0.3 is 21.5 Å². The first-order chi connectivity index (χ1) is 7.83. The number of nitrogens with two attached hydrogens (primary N) is 2. The maximum atomic E-state index is 5.63. The van der Waals surface area contributed by atoms with Crippen LogP contribution in [0.3, 0.4) is 0 Å². The van der Waals surface area contributed by atoms with Crippen molar-refractivity contribution in [2.45, 2.75) is 0 Å². The Balaban J connectivity index is 2.16. The van der Waals surface area contributed by atoms with Gasteiger partial charge in [-0.2, -0.15) is 0 Å². The number of nitrogens with one attached hydrogen (secondary N) is 1. The summed E-state index contributed by atoms with van der Waals surface area (Å²) >= 11 is 0. The highest BCUT2D eigenvalue weighted by Gasteiger charge is 1.88. The van der Waals surface area contributed by atoms with Crippen LogP contribution in [0.4, 0.5) is 11.4 Å². The van der Waals surface area contributed by atoms with Gasteiger partial charge in [-0.3, -0.25) is 4.99 Å².